The Labute approximate surface area is 147 Å². The molecule has 0 saturated heterocycles. The monoisotopic (exact) mass is 335 g/mol. The van der Waals surface area contributed by atoms with E-state index in [1.54, 1.807) is 6.20 Å². The highest BCUT2D eigenvalue weighted by Gasteiger charge is 2.21. The van der Waals surface area contributed by atoms with Gasteiger partial charge in [-0.3, -0.25) is 9.78 Å². The molecule has 0 spiro atoms. The third-order valence-corrected chi connectivity index (χ3v) is 4.01. The van der Waals surface area contributed by atoms with Crippen molar-refractivity contribution in [3.8, 4) is 0 Å². The number of hydrogen-bond donors (Lipinski definition) is 1. The van der Waals surface area contributed by atoms with Gasteiger partial charge in [-0.15, -0.1) is 0 Å². The number of rotatable bonds is 7. The SMILES string of the molecule is Cc1cc(CCNC(=O)C(Cc2ccccn2)c2ccccc2)no1. The van der Waals surface area contributed by atoms with E-state index >= 15 is 0 Å². The number of hydrogen-bond acceptors (Lipinski definition) is 4. The minimum atomic E-state index is -0.268. The number of nitrogens with one attached hydrogen (secondary N) is 1. The molecule has 0 saturated carbocycles. The lowest BCUT2D eigenvalue weighted by Gasteiger charge is -2.17. The van der Waals surface area contributed by atoms with Crippen molar-refractivity contribution in [3.05, 3.63) is 83.5 Å². The molecule has 0 aliphatic rings. The van der Waals surface area contributed by atoms with Crippen molar-refractivity contribution in [2.75, 3.05) is 6.54 Å². The van der Waals surface area contributed by atoms with Crippen molar-refractivity contribution in [1.82, 2.24) is 15.5 Å². The fourth-order valence-electron chi connectivity index (χ4n) is 2.75. The van der Waals surface area contributed by atoms with Gasteiger partial charge >= 0.3 is 0 Å². The van der Waals surface area contributed by atoms with Crippen molar-refractivity contribution in [1.29, 1.82) is 0 Å². The largest absolute Gasteiger partial charge is 0.361 e. The lowest BCUT2D eigenvalue weighted by molar-refractivity contribution is -0.122. The molecule has 1 unspecified atom stereocenters. The maximum atomic E-state index is 12.8. The van der Waals surface area contributed by atoms with Gasteiger partial charge in [-0.2, -0.15) is 0 Å². The zero-order valence-electron chi connectivity index (χ0n) is 14.2. The van der Waals surface area contributed by atoms with Gasteiger partial charge in [0.2, 0.25) is 5.91 Å². The maximum Gasteiger partial charge on any atom is 0.227 e. The smallest absolute Gasteiger partial charge is 0.227 e. The number of amides is 1. The topological polar surface area (TPSA) is 68.0 Å². The molecule has 5 nitrogen and oxygen atoms in total. The molecule has 128 valence electrons. The van der Waals surface area contributed by atoms with Crippen LogP contribution in [0.15, 0.2) is 65.3 Å². The van der Waals surface area contributed by atoms with E-state index in [-0.39, 0.29) is 11.8 Å². The highest BCUT2D eigenvalue weighted by Crippen LogP contribution is 2.20. The molecule has 0 bridgehead atoms. The van der Waals surface area contributed by atoms with E-state index < -0.39 is 0 Å². The van der Waals surface area contributed by atoms with Gasteiger partial charge in [-0.05, 0) is 24.6 Å². The van der Waals surface area contributed by atoms with Gasteiger partial charge in [0.05, 0.1) is 11.6 Å². The summed E-state index contributed by atoms with van der Waals surface area (Å²) in [7, 11) is 0. The minimum absolute atomic E-state index is 0.00271. The lowest BCUT2D eigenvalue weighted by atomic mass is 9.93. The van der Waals surface area contributed by atoms with Gasteiger partial charge in [0.15, 0.2) is 0 Å². The molecular formula is C20H21N3O2. The van der Waals surface area contributed by atoms with E-state index in [1.807, 2.05) is 61.5 Å². The third kappa shape index (κ3) is 4.76. The average molecular weight is 335 g/mol. The van der Waals surface area contributed by atoms with Crippen LogP contribution in [0.4, 0.5) is 0 Å². The number of carbonyl (C=O) groups excluding carboxylic acids is 1. The first-order valence-corrected chi connectivity index (χ1v) is 8.37. The van der Waals surface area contributed by atoms with Gasteiger partial charge in [0.1, 0.15) is 5.76 Å². The summed E-state index contributed by atoms with van der Waals surface area (Å²) in [4.78, 5) is 17.1. The Bertz CT molecular complexity index is 800. The molecule has 0 aliphatic carbocycles. The Morgan fingerprint density at radius 3 is 2.60 bits per heavy atom. The van der Waals surface area contributed by atoms with Gasteiger partial charge < -0.3 is 9.84 Å². The van der Waals surface area contributed by atoms with Crippen LogP contribution in [0.5, 0.6) is 0 Å². The van der Waals surface area contributed by atoms with Crippen molar-refractivity contribution in [2.24, 2.45) is 0 Å². The number of benzene rings is 1. The molecule has 0 radical (unpaired) electrons. The van der Waals surface area contributed by atoms with E-state index in [0.29, 0.717) is 19.4 Å². The highest BCUT2D eigenvalue weighted by atomic mass is 16.5. The van der Waals surface area contributed by atoms with Gasteiger partial charge in [-0.1, -0.05) is 41.6 Å². The molecule has 1 aromatic carbocycles. The number of aromatic nitrogens is 2. The summed E-state index contributed by atoms with van der Waals surface area (Å²) in [5.74, 6) is 0.505. The number of aryl methyl sites for hydroxylation is 1. The first kappa shape index (κ1) is 16.9. The van der Waals surface area contributed by atoms with Crippen LogP contribution in [-0.2, 0) is 17.6 Å². The van der Waals surface area contributed by atoms with Gasteiger partial charge in [-0.25, -0.2) is 0 Å². The zero-order valence-corrected chi connectivity index (χ0v) is 14.2. The molecule has 0 aliphatic heterocycles. The summed E-state index contributed by atoms with van der Waals surface area (Å²) in [5, 5.41) is 6.96. The summed E-state index contributed by atoms with van der Waals surface area (Å²) in [6, 6.07) is 17.5. The molecule has 0 fully saturated rings. The fourth-order valence-corrected chi connectivity index (χ4v) is 2.75. The summed E-state index contributed by atoms with van der Waals surface area (Å²) < 4.78 is 5.05. The summed E-state index contributed by atoms with van der Waals surface area (Å²) in [6.45, 7) is 2.38. The molecule has 2 aromatic heterocycles. The summed E-state index contributed by atoms with van der Waals surface area (Å²) in [5.41, 5.74) is 2.74. The van der Waals surface area contributed by atoms with Gasteiger partial charge in [0, 0.05) is 37.3 Å². The van der Waals surface area contributed by atoms with E-state index in [4.69, 9.17) is 4.52 Å². The van der Waals surface area contributed by atoms with Crippen LogP contribution >= 0.6 is 0 Å². The zero-order chi connectivity index (χ0) is 17.5. The van der Waals surface area contributed by atoms with Crippen molar-refractivity contribution >= 4 is 5.91 Å². The van der Waals surface area contributed by atoms with Crippen molar-refractivity contribution < 1.29 is 9.32 Å². The predicted molar refractivity (Wildman–Crippen MR) is 95.1 cm³/mol. The molecule has 5 heteroatoms. The average Bonchev–Trinajstić information content (AvgIpc) is 3.06. The van der Waals surface area contributed by atoms with Crippen molar-refractivity contribution in [3.63, 3.8) is 0 Å². The molecule has 2 heterocycles. The molecule has 25 heavy (non-hydrogen) atoms. The Morgan fingerprint density at radius 1 is 1.12 bits per heavy atom. The van der Waals surface area contributed by atoms with Crippen LogP contribution in [0.2, 0.25) is 0 Å². The highest BCUT2D eigenvalue weighted by molar-refractivity contribution is 5.83. The Kier molecular flexibility index (Phi) is 5.57. The standard InChI is InChI=1S/C20H21N3O2/c1-15-13-18(23-25-15)10-12-22-20(24)19(16-7-3-2-4-8-16)14-17-9-5-6-11-21-17/h2-9,11,13,19H,10,12,14H2,1H3,(H,22,24). The van der Waals surface area contributed by atoms with E-state index in [9.17, 15) is 4.79 Å². The number of carbonyl (C=O) groups is 1. The van der Waals surface area contributed by atoms with Crippen LogP contribution in [0.25, 0.3) is 0 Å². The summed E-state index contributed by atoms with van der Waals surface area (Å²) in [6.07, 6.45) is 2.97. The molecule has 1 N–H and O–H groups in total. The second kappa shape index (κ2) is 8.24. The van der Waals surface area contributed by atoms with E-state index in [2.05, 4.69) is 15.5 Å². The Balaban J connectivity index is 1.66. The lowest BCUT2D eigenvalue weighted by Crippen LogP contribution is -2.32. The van der Waals surface area contributed by atoms with Crippen LogP contribution in [0.1, 0.15) is 28.6 Å². The van der Waals surface area contributed by atoms with Crippen LogP contribution < -0.4 is 5.32 Å². The van der Waals surface area contributed by atoms with Crippen molar-refractivity contribution in [2.45, 2.75) is 25.7 Å². The molecule has 3 rings (SSSR count). The first-order chi connectivity index (χ1) is 12.2. The van der Waals surface area contributed by atoms with Gasteiger partial charge in [0.25, 0.3) is 0 Å². The number of pyridine rings is 1. The molecule has 1 amide bonds. The normalized spacial score (nSPS) is 11.9. The van der Waals surface area contributed by atoms with Crippen LogP contribution in [0, 0.1) is 6.92 Å². The molecule has 1 atom stereocenters. The second-order valence-corrected chi connectivity index (χ2v) is 5.96. The minimum Gasteiger partial charge on any atom is -0.361 e. The van der Waals surface area contributed by atoms with E-state index in [1.165, 1.54) is 0 Å². The Morgan fingerprint density at radius 2 is 1.92 bits per heavy atom. The number of nitrogens with zero attached hydrogens (tertiary/aromatic N) is 2. The summed E-state index contributed by atoms with van der Waals surface area (Å²) >= 11 is 0. The quantitative estimate of drug-likeness (QED) is 0.720. The molecule has 3 aromatic rings. The molecular weight excluding hydrogens is 314 g/mol. The Hall–Kier alpha value is -2.95. The maximum absolute atomic E-state index is 12.8. The predicted octanol–water partition coefficient (Wildman–Crippen LogP) is 3.06. The van der Waals surface area contributed by atoms with E-state index in [0.717, 1.165) is 22.7 Å². The fraction of sp³-hybridized carbons (Fsp3) is 0.250. The van der Waals surface area contributed by atoms with Crippen LogP contribution in [0.3, 0.4) is 0 Å². The first-order valence-electron chi connectivity index (χ1n) is 8.37. The third-order valence-electron chi connectivity index (χ3n) is 4.01. The second-order valence-electron chi connectivity index (χ2n) is 5.96. The van der Waals surface area contributed by atoms with Crippen LogP contribution in [-0.4, -0.2) is 22.6 Å².